The van der Waals surface area contributed by atoms with Gasteiger partial charge in [-0.05, 0) is 255 Å². The van der Waals surface area contributed by atoms with E-state index in [-0.39, 0.29) is 194 Å². The lowest BCUT2D eigenvalue weighted by Gasteiger charge is -2.18. The molecule has 0 aliphatic carbocycles. The Balaban J connectivity index is -0.00000180. The molecule has 0 aromatic carbocycles. The van der Waals surface area contributed by atoms with Crippen molar-refractivity contribution in [3.63, 3.8) is 0 Å². The number of thiol groups is 2. The summed E-state index contributed by atoms with van der Waals surface area (Å²) in [6.07, 6.45) is 20.8. The molecular formula is C103H192O29S8. The third-order valence-corrected chi connectivity index (χ3v) is 26.8. The van der Waals surface area contributed by atoms with Gasteiger partial charge in [0.2, 0.25) is 0 Å². The Bertz CT molecular complexity index is 2730. The van der Waals surface area contributed by atoms with Crippen LogP contribution in [-0.4, -0.2) is 332 Å². The molecule has 826 valence electrons. The third kappa shape index (κ3) is 102. The Morgan fingerprint density at radius 2 is 0.479 bits per heavy atom. The molecule has 0 bridgehead atoms. The van der Waals surface area contributed by atoms with E-state index in [0.29, 0.717) is 257 Å². The van der Waals surface area contributed by atoms with Crippen molar-refractivity contribution in [2.45, 2.75) is 305 Å². The van der Waals surface area contributed by atoms with Gasteiger partial charge >= 0.3 is 53.7 Å². The van der Waals surface area contributed by atoms with Gasteiger partial charge in [-0.25, -0.2) is 0 Å². The molecule has 0 saturated carbocycles. The number of carbonyl (C=O) groups excluding carboxylic acids is 9. The van der Waals surface area contributed by atoms with Crippen molar-refractivity contribution in [1.29, 1.82) is 0 Å². The second-order valence-electron chi connectivity index (χ2n) is 34.5. The number of esters is 9. The highest BCUT2D eigenvalue weighted by molar-refractivity contribution is 8.00. The van der Waals surface area contributed by atoms with Crippen LogP contribution in [-0.2, 0) is 124 Å². The van der Waals surface area contributed by atoms with Gasteiger partial charge in [-0.1, -0.05) is 47.3 Å². The Kier molecular flexibility index (Phi) is 113. The first-order valence-electron chi connectivity index (χ1n) is 51.3. The van der Waals surface area contributed by atoms with Crippen molar-refractivity contribution in [2.24, 2.45) is 35.5 Å². The zero-order chi connectivity index (χ0) is 103. The van der Waals surface area contributed by atoms with E-state index in [9.17, 15) is 53.4 Å². The summed E-state index contributed by atoms with van der Waals surface area (Å²) < 4.78 is 93.3. The topological polar surface area (TPSA) is 371 Å². The summed E-state index contributed by atoms with van der Waals surface area (Å²) in [5.74, 6) is 6.53. The predicted molar refractivity (Wildman–Crippen MR) is 581 cm³/mol. The number of unbranched alkanes of at least 4 members (excludes halogenated alkanes) is 3. The van der Waals surface area contributed by atoms with Gasteiger partial charge < -0.3 is 95.8 Å². The fourth-order valence-corrected chi connectivity index (χ4v) is 17.9. The van der Waals surface area contributed by atoms with E-state index in [1.54, 1.807) is 59.2 Å². The monoisotopic (exact) mass is 2150 g/mol. The van der Waals surface area contributed by atoms with Gasteiger partial charge in [0.1, 0.15) is 0 Å². The molecule has 0 radical (unpaired) electrons. The van der Waals surface area contributed by atoms with Crippen LogP contribution in [0.25, 0.3) is 0 Å². The quantitative estimate of drug-likeness (QED) is 0.0124. The molecular weight excluding hydrogens is 1960 g/mol. The van der Waals surface area contributed by atoms with Crippen molar-refractivity contribution in [3.05, 3.63) is 25.3 Å². The fourth-order valence-electron chi connectivity index (χ4n) is 13.0. The first-order valence-corrected chi connectivity index (χ1v) is 59.3. The number of hydrogen-bond donors (Lipinski definition) is 5. The van der Waals surface area contributed by atoms with Gasteiger partial charge in [-0.3, -0.25) is 43.2 Å². The van der Waals surface area contributed by atoms with E-state index in [2.05, 4.69) is 66.1 Å². The Morgan fingerprint density at radius 3 is 0.743 bits per heavy atom. The van der Waals surface area contributed by atoms with Crippen LogP contribution in [0, 0.1) is 35.5 Å². The number of ether oxygens (including phenoxy) is 17. The van der Waals surface area contributed by atoms with Gasteiger partial charge in [0.15, 0.2) is 0 Å². The van der Waals surface area contributed by atoms with Crippen molar-refractivity contribution >= 4 is 150 Å². The lowest BCUT2D eigenvalue weighted by atomic mass is 9.98. The molecule has 37 heteroatoms. The van der Waals surface area contributed by atoms with Crippen molar-refractivity contribution in [3.8, 4) is 0 Å². The summed E-state index contributed by atoms with van der Waals surface area (Å²) >= 11 is 18.9. The van der Waals surface area contributed by atoms with E-state index in [1.807, 2.05) is 65.1 Å². The number of aliphatic hydroxyl groups is 3. The molecule has 0 aromatic rings. The van der Waals surface area contributed by atoms with Crippen LogP contribution in [0.5, 0.6) is 0 Å². The number of hydrogen-bond acceptors (Lipinski definition) is 37. The lowest BCUT2D eigenvalue weighted by Crippen LogP contribution is -2.22. The summed E-state index contributed by atoms with van der Waals surface area (Å²) in [6.45, 7) is 38.7. The average Bonchev–Trinajstić information content (AvgIpc) is 0.939. The second-order valence-corrected chi connectivity index (χ2v) is 43.6. The fraction of sp³-hybridized carbons (Fsp3) is 0.874. The van der Waals surface area contributed by atoms with Gasteiger partial charge in [0.25, 0.3) is 0 Å². The summed E-state index contributed by atoms with van der Waals surface area (Å²) in [5.41, 5.74) is 0. The van der Waals surface area contributed by atoms with Gasteiger partial charge in [0.05, 0.1) is 199 Å². The number of aliphatic hydroxyl groups excluding tert-OH is 3. The van der Waals surface area contributed by atoms with E-state index in [1.165, 1.54) is 0 Å². The molecule has 0 heterocycles. The molecule has 0 aliphatic heterocycles. The van der Waals surface area contributed by atoms with Crippen molar-refractivity contribution < 1.29 is 139 Å². The summed E-state index contributed by atoms with van der Waals surface area (Å²) in [7, 11) is 0. The van der Waals surface area contributed by atoms with Gasteiger partial charge in [-0.15, -0.1) is 13.2 Å². The molecule has 0 saturated heterocycles. The van der Waals surface area contributed by atoms with Crippen molar-refractivity contribution in [1.82, 2.24) is 0 Å². The summed E-state index contributed by atoms with van der Waals surface area (Å²) in [5, 5.41) is 28.9. The van der Waals surface area contributed by atoms with Crippen LogP contribution in [0.15, 0.2) is 25.3 Å². The SMILES string of the molecule is C.C=CCC(CCCO)C(=O)OCCCCC(=O)OCCCC(CC=C)C(=O)OC(C)C.CC(C)OC(=O)C(CCCOC(=O)CCCCOC(=O)C(CCCO)CCCSCCOCCOCCSC(C)C)CCCSCCOCCOCCSCCCC(CCCOC(=O)CCCCOC(=O)C(CCCO)CCCSCCOCCOCCSC(C)C)C(=O)OC(C)C.SCCOCCOCCS. The highest BCUT2D eigenvalue weighted by atomic mass is 32.2. The third-order valence-electron chi connectivity index (χ3n) is 20.2. The molecule has 0 aromatic heterocycles. The smallest absolute Gasteiger partial charge is 0.309 e. The van der Waals surface area contributed by atoms with E-state index in [4.69, 9.17) is 85.6 Å². The largest absolute Gasteiger partial charge is 0.466 e. The van der Waals surface area contributed by atoms with Crippen molar-refractivity contribution in [2.75, 3.05) is 234 Å². The van der Waals surface area contributed by atoms with Crippen LogP contribution >= 0.6 is 95.8 Å². The number of thioether (sulfide) groups is 6. The van der Waals surface area contributed by atoms with Crippen LogP contribution in [0.3, 0.4) is 0 Å². The molecule has 6 unspecified atom stereocenters. The predicted octanol–water partition coefficient (Wildman–Crippen LogP) is 19.1. The normalized spacial score (nSPS) is 12.6. The van der Waals surface area contributed by atoms with Crippen LogP contribution < -0.4 is 0 Å². The highest BCUT2D eigenvalue weighted by Gasteiger charge is 2.27. The summed E-state index contributed by atoms with van der Waals surface area (Å²) in [6, 6.07) is 0. The molecule has 0 amide bonds. The molecule has 0 aliphatic rings. The molecule has 29 nitrogen and oxygen atoms in total. The van der Waals surface area contributed by atoms with Crippen LogP contribution in [0.4, 0.5) is 0 Å². The molecule has 0 spiro atoms. The number of allylic oxidation sites excluding steroid dienone is 2. The second kappa shape index (κ2) is 110. The maximum Gasteiger partial charge on any atom is 0.309 e. The first-order chi connectivity index (χ1) is 67.3. The van der Waals surface area contributed by atoms with Crippen LogP contribution in [0.2, 0.25) is 0 Å². The van der Waals surface area contributed by atoms with E-state index < -0.39 is 0 Å². The Hall–Kier alpha value is -2.93. The maximum absolute atomic E-state index is 12.9. The molecule has 140 heavy (non-hydrogen) atoms. The standard InChI is InChI=1S/C72H134O20S6.C24H40O7.C6H14O2S2.CH4/c1-59(2)91-71(79)65(23-15-35-87-67(75)29-9-11-33-89-69(77)63(21-13-31-73)25-17-49-93-53-45-83-39-41-85-47-57-97-61(5)6)27-19-51-95-55-43-81-37-38-82-44-56-96-52-20-28-66(72(80)92-60(3)4)24-16-36-88-68(76)30-10-12-34-90-70(78)64(22-14-32-74)26-18-50-94-54-46-84-40-42-86-48-58-98-62(7)8;1-5-11-20(13-9-16-25)23(27)30-17-8-7-15-22(26)29-18-10-14-21(12-6-2)24(28)31-19(3)4;9-5-3-7-1-2-8-4-6-10;/h59-66,73-74H,9-58H2,1-8H3;5-6,19-21,25H,1-2,7-18H2,3-4H3;9-10H,1-6H2;1H4. The Morgan fingerprint density at radius 1 is 0.257 bits per heavy atom. The Labute approximate surface area is 881 Å². The zero-order valence-electron chi connectivity index (χ0n) is 86.8. The minimum absolute atomic E-state index is 0. The minimum atomic E-state index is -0.312. The highest BCUT2D eigenvalue weighted by Crippen LogP contribution is 2.26. The number of rotatable bonds is 101. The number of carbonyl (C=O) groups is 9. The van der Waals surface area contributed by atoms with E-state index >= 15 is 0 Å². The lowest BCUT2D eigenvalue weighted by molar-refractivity contribution is -0.154. The zero-order valence-corrected chi connectivity index (χ0v) is 93.5. The first kappa shape index (κ1) is 143. The average molecular weight is 2150 g/mol. The minimum Gasteiger partial charge on any atom is -0.466 e. The molecule has 0 fully saturated rings. The molecule has 3 N–H and O–H groups in total. The molecule has 0 rings (SSSR count). The van der Waals surface area contributed by atoms with Crippen LogP contribution in [0.1, 0.15) is 276 Å². The summed E-state index contributed by atoms with van der Waals surface area (Å²) in [4.78, 5) is 113. The van der Waals surface area contributed by atoms with Gasteiger partial charge in [0, 0.05) is 85.1 Å². The van der Waals surface area contributed by atoms with Gasteiger partial charge in [-0.2, -0.15) is 95.8 Å². The van der Waals surface area contributed by atoms with E-state index in [0.717, 1.165) is 108 Å². The maximum atomic E-state index is 12.9. The molecule has 6 atom stereocenters.